The maximum atomic E-state index is 12.9. The van der Waals surface area contributed by atoms with Gasteiger partial charge in [-0.1, -0.05) is 275 Å². The Morgan fingerprint density at radius 2 is 0.588 bits per heavy atom. The third kappa shape index (κ3) is 54.3. The summed E-state index contributed by atoms with van der Waals surface area (Å²) in [6.45, 7) is 6.53. The molecule has 0 saturated heterocycles. The van der Waals surface area contributed by atoms with Crippen LogP contribution in [0.5, 0.6) is 0 Å². The number of ether oxygens (including phenoxy) is 3. The summed E-state index contributed by atoms with van der Waals surface area (Å²) in [6, 6.07) is 0. The van der Waals surface area contributed by atoms with E-state index in [4.69, 9.17) is 14.2 Å². The number of unbranched alkanes of at least 4 members (excludes halogenated alkanes) is 37. The van der Waals surface area contributed by atoms with Crippen LogP contribution >= 0.6 is 0 Å². The minimum Gasteiger partial charge on any atom is -0.462 e. The minimum absolute atomic E-state index is 0.0791. The third-order valence-electron chi connectivity index (χ3n) is 13.1. The van der Waals surface area contributed by atoms with Crippen molar-refractivity contribution in [2.24, 2.45) is 0 Å². The molecule has 0 spiro atoms. The Kier molecular flexibility index (Phi) is 54.8. The minimum atomic E-state index is -0.781. The number of rotatable bonds is 54. The standard InChI is InChI=1S/C62H112O6/c1-4-7-10-13-16-19-22-25-27-29-31-33-34-37-40-43-46-49-52-55-61(64)67-58-59(57-66-60(63)54-51-48-45-42-39-36-24-21-18-15-12-9-6-3)68-62(65)56-53-50-47-44-41-38-35-32-30-28-26-23-20-17-14-11-8-5-2/h9,12,15,18,21,24,29,31,59H,4-8,10-11,13-14,16-17,19-20,22-23,25-28,30,32-58H2,1-3H3/b12-9+,18-15+,24-21+,31-29+. The van der Waals surface area contributed by atoms with E-state index in [1.165, 1.54) is 186 Å². The highest BCUT2D eigenvalue weighted by atomic mass is 16.6. The normalized spacial score (nSPS) is 12.3. The van der Waals surface area contributed by atoms with Crippen molar-refractivity contribution in [3.63, 3.8) is 0 Å². The number of carbonyl (C=O) groups excluding carboxylic acids is 3. The fourth-order valence-corrected chi connectivity index (χ4v) is 8.67. The van der Waals surface area contributed by atoms with Gasteiger partial charge in [0, 0.05) is 19.3 Å². The van der Waals surface area contributed by atoms with Crippen molar-refractivity contribution in [2.75, 3.05) is 13.2 Å². The van der Waals surface area contributed by atoms with E-state index in [2.05, 4.69) is 69.4 Å². The molecule has 0 amide bonds. The molecule has 0 bridgehead atoms. The lowest BCUT2D eigenvalue weighted by Gasteiger charge is -2.18. The molecule has 0 aromatic carbocycles. The van der Waals surface area contributed by atoms with Gasteiger partial charge in [0.15, 0.2) is 6.10 Å². The Bertz CT molecular complexity index is 1190. The lowest BCUT2D eigenvalue weighted by molar-refractivity contribution is -0.167. The van der Waals surface area contributed by atoms with E-state index in [-0.39, 0.29) is 31.1 Å². The van der Waals surface area contributed by atoms with Crippen LogP contribution in [0.25, 0.3) is 0 Å². The maximum Gasteiger partial charge on any atom is 0.306 e. The number of hydrogen-bond donors (Lipinski definition) is 0. The molecule has 1 unspecified atom stereocenters. The first kappa shape index (κ1) is 65.4. The lowest BCUT2D eigenvalue weighted by Crippen LogP contribution is -2.30. The van der Waals surface area contributed by atoms with E-state index in [1.807, 2.05) is 0 Å². The summed E-state index contributed by atoms with van der Waals surface area (Å²) in [5.74, 6) is -0.887. The molecule has 6 nitrogen and oxygen atoms in total. The molecule has 6 heteroatoms. The Morgan fingerprint density at radius 3 is 0.926 bits per heavy atom. The molecular weight excluding hydrogens is 841 g/mol. The molecule has 0 aromatic heterocycles. The maximum absolute atomic E-state index is 12.9. The van der Waals surface area contributed by atoms with Crippen molar-refractivity contribution in [1.82, 2.24) is 0 Å². The molecule has 68 heavy (non-hydrogen) atoms. The van der Waals surface area contributed by atoms with E-state index in [0.717, 1.165) is 83.5 Å². The van der Waals surface area contributed by atoms with Crippen LogP contribution in [0.15, 0.2) is 48.6 Å². The highest BCUT2D eigenvalue weighted by Gasteiger charge is 2.19. The summed E-state index contributed by atoms with van der Waals surface area (Å²) >= 11 is 0. The first-order valence-corrected chi connectivity index (χ1v) is 29.7. The molecule has 0 fully saturated rings. The highest BCUT2D eigenvalue weighted by Crippen LogP contribution is 2.17. The molecular formula is C62H112O6. The van der Waals surface area contributed by atoms with Gasteiger partial charge in [0.25, 0.3) is 0 Å². The van der Waals surface area contributed by atoms with Gasteiger partial charge in [-0.2, -0.15) is 0 Å². The van der Waals surface area contributed by atoms with Crippen molar-refractivity contribution < 1.29 is 28.6 Å². The van der Waals surface area contributed by atoms with E-state index in [0.29, 0.717) is 19.3 Å². The molecule has 0 aliphatic rings. The van der Waals surface area contributed by atoms with Gasteiger partial charge in [-0.3, -0.25) is 14.4 Å². The van der Waals surface area contributed by atoms with Crippen LogP contribution in [0, 0.1) is 0 Å². The summed E-state index contributed by atoms with van der Waals surface area (Å²) in [6.07, 6.45) is 69.7. The summed E-state index contributed by atoms with van der Waals surface area (Å²) in [5, 5.41) is 0. The monoisotopic (exact) mass is 953 g/mol. The smallest absolute Gasteiger partial charge is 0.306 e. The molecule has 0 aromatic rings. The summed E-state index contributed by atoms with van der Waals surface area (Å²) in [5.41, 5.74) is 0. The van der Waals surface area contributed by atoms with Gasteiger partial charge in [0.1, 0.15) is 13.2 Å². The molecule has 1 atom stereocenters. The molecule has 0 aliphatic heterocycles. The second-order valence-electron chi connectivity index (χ2n) is 19.9. The predicted molar refractivity (Wildman–Crippen MR) is 293 cm³/mol. The van der Waals surface area contributed by atoms with Crippen molar-refractivity contribution in [2.45, 2.75) is 316 Å². The topological polar surface area (TPSA) is 78.9 Å². The Balaban J connectivity index is 4.33. The van der Waals surface area contributed by atoms with Crippen molar-refractivity contribution >= 4 is 17.9 Å². The van der Waals surface area contributed by atoms with Gasteiger partial charge < -0.3 is 14.2 Å². The van der Waals surface area contributed by atoms with Crippen LogP contribution < -0.4 is 0 Å². The van der Waals surface area contributed by atoms with E-state index >= 15 is 0 Å². The quantitative estimate of drug-likeness (QED) is 0.0199. The molecule has 0 heterocycles. The first-order chi connectivity index (χ1) is 33.5. The zero-order valence-corrected chi connectivity index (χ0v) is 45.4. The van der Waals surface area contributed by atoms with Crippen molar-refractivity contribution in [1.29, 1.82) is 0 Å². The van der Waals surface area contributed by atoms with Crippen molar-refractivity contribution in [3.05, 3.63) is 48.6 Å². The third-order valence-corrected chi connectivity index (χ3v) is 13.1. The second-order valence-corrected chi connectivity index (χ2v) is 19.9. The van der Waals surface area contributed by atoms with Gasteiger partial charge in [0.05, 0.1) is 0 Å². The van der Waals surface area contributed by atoms with E-state index < -0.39 is 6.10 Å². The lowest BCUT2D eigenvalue weighted by atomic mass is 10.0. The SMILES string of the molecule is CC/C=C/C=C/C=C/CCCCCCCC(=O)OCC(COC(=O)CCCCCCCCC/C=C/CCCCCCCCCC)OC(=O)CCCCCCCCCCCCCCCCCCCC. The average Bonchev–Trinajstić information content (AvgIpc) is 3.34. The van der Waals surface area contributed by atoms with E-state index in [9.17, 15) is 14.4 Å². The number of esters is 3. The Morgan fingerprint density at radius 1 is 0.309 bits per heavy atom. The average molecular weight is 954 g/mol. The molecule has 0 N–H and O–H groups in total. The summed E-state index contributed by atoms with van der Waals surface area (Å²) < 4.78 is 16.9. The zero-order chi connectivity index (χ0) is 49.3. The summed E-state index contributed by atoms with van der Waals surface area (Å²) in [4.78, 5) is 38.2. The predicted octanol–water partition coefficient (Wildman–Crippen LogP) is 19.8. The van der Waals surface area contributed by atoms with Crippen LogP contribution in [-0.2, 0) is 28.6 Å². The number of carbonyl (C=O) groups is 3. The molecule has 0 rings (SSSR count). The van der Waals surface area contributed by atoms with Gasteiger partial charge in [-0.05, 0) is 64.2 Å². The highest BCUT2D eigenvalue weighted by molar-refractivity contribution is 5.71. The van der Waals surface area contributed by atoms with Gasteiger partial charge in [0.2, 0.25) is 0 Å². The van der Waals surface area contributed by atoms with E-state index in [1.54, 1.807) is 0 Å². The van der Waals surface area contributed by atoms with Gasteiger partial charge in [-0.15, -0.1) is 0 Å². The van der Waals surface area contributed by atoms with Crippen LogP contribution in [0.2, 0.25) is 0 Å². The molecule has 0 radical (unpaired) electrons. The number of hydrogen-bond acceptors (Lipinski definition) is 6. The first-order valence-electron chi connectivity index (χ1n) is 29.7. The molecule has 0 aliphatic carbocycles. The molecule has 0 saturated carbocycles. The van der Waals surface area contributed by atoms with Crippen molar-refractivity contribution in [3.8, 4) is 0 Å². The molecule has 396 valence electrons. The van der Waals surface area contributed by atoms with Gasteiger partial charge in [-0.25, -0.2) is 0 Å². The van der Waals surface area contributed by atoms with Crippen LogP contribution in [-0.4, -0.2) is 37.2 Å². The summed E-state index contributed by atoms with van der Waals surface area (Å²) in [7, 11) is 0. The van der Waals surface area contributed by atoms with Gasteiger partial charge >= 0.3 is 17.9 Å². The van der Waals surface area contributed by atoms with Crippen LogP contribution in [0.4, 0.5) is 0 Å². The van der Waals surface area contributed by atoms with Crippen LogP contribution in [0.3, 0.4) is 0 Å². The Hall–Kier alpha value is -2.63. The largest absolute Gasteiger partial charge is 0.462 e. The number of allylic oxidation sites excluding steroid dienone is 8. The fraction of sp³-hybridized carbons (Fsp3) is 0.823. The van der Waals surface area contributed by atoms with Crippen LogP contribution in [0.1, 0.15) is 310 Å². The Labute approximate surface area is 422 Å². The second kappa shape index (κ2) is 57.0. The fourth-order valence-electron chi connectivity index (χ4n) is 8.67. The zero-order valence-electron chi connectivity index (χ0n) is 45.4.